The second-order valence-corrected chi connectivity index (χ2v) is 6.36. The Hall–Kier alpha value is -0.0200. The van der Waals surface area contributed by atoms with Gasteiger partial charge in [-0.15, -0.1) is 11.8 Å². The molecule has 1 saturated heterocycles. The minimum absolute atomic E-state index is 0.582. The van der Waals surface area contributed by atoms with E-state index in [0.717, 1.165) is 18.3 Å². The number of aliphatic imine (C=N–C) groups is 1. The van der Waals surface area contributed by atoms with Crippen molar-refractivity contribution < 1.29 is 0 Å². The summed E-state index contributed by atoms with van der Waals surface area (Å²) >= 11 is 2.04. The van der Waals surface area contributed by atoms with Gasteiger partial charge in [0.15, 0.2) is 0 Å². The first-order valence-corrected chi connectivity index (χ1v) is 7.64. The van der Waals surface area contributed by atoms with Crippen molar-refractivity contribution in [2.24, 2.45) is 10.9 Å². The summed E-state index contributed by atoms with van der Waals surface area (Å²) in [4.78, 5) is 4.87. The third kappa shape index (κ3) is 3.01. The van der Waals surface area contributed by atoms with Gasteiger partial charge >= 0.3 is 0 Å². The molecule has 0 spiro atoms. The second-order valence-electron chi connectivity index (χ2n) is 5.10. The lowest BCUT2D eigenvalue weighted by Gasteiger charge is -2.11. The Morgan fingerprint density at radius 2 is 2.25 bits per heavy atom. The van der Waals surface area contributed by atoms with Gasteiger partial charge in [-0.3, -0.25) is 4.99 Å². The van der Waals surface area contributed by atoms with Gasteiger partial charge in [0.25, 0.3) is 0 Å². The van der Waals surface area contributed by atoms with Gasteiger partial charge in [0.2, 0.25) is 0 Å². The Labute approximate surface area is 104 Å². The first-order valence-electron chi connectivity index (χ1n) is 6.76. The molecule has 3 heteroatoms. The van der Waals surface area contributed by atoms with Crippen LogP contribution in [0.2, 0.25) is 0 Å². The quantitative estimate of drug-likeness (QED) is 0.722. The summed E-state index contributed by atoms with van der Waals surface area (Å²) in [6.07, 6.45) is 6.83. The number of fused-ring (bicyclic) bond motifs is 1. The van der Waals surface area contributed by atoms with E-state index in [-0.39, 0.29) is 0 Å². The van der Waals surface area contributed by atoms with Gasteiger partial charge in [-0.1, -0.05) is 39.5 Å². The number of thioether (sulfide) groups is 1. The van der Waals surface area contributed by atoms with E-state index in [1.807, 2.05) is 11.8 Å². The molecule has 0 bridgehead atoms. The van der Waals surface area contributed by atoms with Crippen molar-refractivity contribution in [3.8, 4) is 0 Å². The Morgan fingerprint density at radius 3 is 3.00 bits per heavy atom. The van der Waals surface area contributed by atoms with Crippen LogP contribution in [0.5, 0.6) is 0 Å². The van der Waals surface area contributed by atoms with Crippen molar-refractivity contribution in [1.29, 1.82) is 0 Å². The van der Waals surface area contributed by atoms with Gasteiger partial charge in [0, 0.05) is 24.3 Å². The van der Waals surface area contributed by atoms with Crippen LogP contribution in [0.4, 0.5) is 0 Å². The average molecular weight is 240 g/mol. The highest BCUT2D eigenvalue weighted by Crippen LogP contribution is 2.33. The minimum atomic E-state index is 0.582. The van der Waals surface area contributed by atoms with Gasteiger partial charge in [-0.2, -0.15) is 0 Å². The Bertz CT molecular complexity index is 252. The molecule has 0 aliphatic carbocycles. The van der Waals surface area contributed by atoms with Crippen LogP contribution in [-0.2, 0) is 0 Å². The molecule has 1 N–H and O–H groups in total. The lowest BCUT2D eigenvalue weighted by Crippen LogP contribution is -2.13. The molecule has 0 radical (unpaired) electrons. The highest BCUT2D eigenvalue weighted by Gasteiger charge is 2.35. The second kappa shape index (κ2) is 6.06. The Morgan fingerprint density at radius 1 is 1.38 bits per heavy atom. The lowest BCUT2D eigenvalue weighted by atomic mass is 10.0. The molecule has 0 aromatic heterocycles. The molecule has 0 aromatic carbocycles. The molecule has 0 aromatic rings. The summed E-state index contributed by atoms with van der Waals surface area (Å²) < 4.78 is 0. The largest absolute Gasteiger partial charge is 0.313 e. The van der Waals surface area contributed by atoms with Crippen LogP contribution in [0.25, 0.3) is 0 Å². The van der Waals surface area contributed by atoms with Crippen molar-refractivity contribution in [2.75, 3.05) is 13.1 Å². The highest BCUT2D eigenvalue weighted by molar-refractivity contribution is 8.14. The van der Waals surface area contributed by atoms with Crippen LogP contribution in [0, 0.1) is 5.92 Å². The zero-order valence-corrected chi connectivity index (χ0v) is 11.4. The van der Waals surface area contributed by atoms with E-state index in [2.05, 4.69) is 19.2 Å². The number of rotatable bonds is 6. The minimum Gasteiger partial charge on any atom is -0.313 e. The lowest BCUT2D eigenvalue weighted by molar-refractivity contribution is 0.581. The van der Waals surface area contributed by atoms with Crippen molar-refractivity contribution in [1.82, 2.24) is 5.32 Å². The molecule has 92 valence electrons. The fourth-order valence-corrected chi connectivity index (χ4v) is 3.86. The Kier molecular flexibility index (Phi) is 4.71. The van der Waals surface area contributed by atoms with Crippen molar-refractivity contribution in [3.63, 3.8) is 0 Å². The number of unbranched alkanes of at least 4 members (excludes halogenated alkanes) is 3. The topological polar surface area (TPSA) is 24.4 Å². The molecular weight excluding hydrogens is 216 g/mol. The molecule has 2 aliphatic rings. The van der Waals surface area contributed by atoms with Crippen LogP contribution in [0.15, 0.2) is 4.99 Å². The van der Waals surface area contributed by atoms with Crippen LogP contribution in [0.3, 0.4) is 0 Å². The molecule has 2 heterocycles. The summed E-state index contributed by atoms with van der Waals surface area (Å²) in [5.74, 6) is 0.701. The molecule has 2 rings (SSSR count). The molecule has 0 amide bonds. The van der Waals surface area contributed by atoms with E-state index >= 15 is 0 Å². The summed E-state index contributed by atoms with van der Waals surface area (Å²) in [7, 11) is 0. The van der Waals surface area contributed by atoms with E-state index in [4.69, 9.17) is 4.99 Å². The molecule has 3 atom stereocenters. The third-order valence-corrected chi connectivity index (χ3v) is 5.14. The molecule has 2 aliphatic heterocycles. The van der Waals surface area contributed by atoms with E-state index in [9.17, 15) is 0 Å². The highest BCUT2D eigenvalue weighted by atomic mass is 32.2. The maximum absolute atomic E-state index is 4.87. The monoisotopic (exact) mass is 240 g/mol. The summed E-state index contributed by atoms with van der Waals surface area (Å²) in [5.41, 5.74) is 0. The first-order chi connectivity index (χ1) is 7.81. The molecule has 16 heavy (non-hydrogen) atoms. The maximum Gasteiger partial charge on any atom is 0.0768 e. The summed E-state index contributed by atoms with van der Waals surface area (Å²) in [5, 5.41) is 5.60. The molecule has 2 nitrogen and oxygen atoms in total. The molecular formula is C13H24N2S. The van der Waals surface area contributed by atoms with Crippen LogP contribution in [0.1, 0.15) is 46.0 Å². The van der Waals surface area contributed by atoms with Crippen molar-refractivity contribution >= 4 is 16.8 Å². The van der Waals surface area contributed by atoms with Crippen LogP contribution >= 0.6 is 11.8 Å². The van der Waals surface area contributed by atoms with Crippen LogP contribution in [-0.4, -0.2) is 29.4 Å². The van der Waals surface area contributed by atoms with Gasteiger partial charge in [-0.25, -0.2) is 0 Å². The van der Waals surface area contributed by atoms with Gasteiger partial charge in [0.05, 0.1) is 11.1 Å². The predicted molar refractivity (Wildman–Crippen MR) is 73.4 cm³/mol. The normalized spacial score (nSPS) is 30.2. The zero-order valence-electron chi connectivity index (χ0n) is 10.5. The van der Waals surface area contributed by atoms with Gasteiger partial charge in [0.1, 0.15) is 0 Å². The van der Waals surface area contributed by atoms with Crippen molar-refractivity contribution in [2.45, 2.75) is 57.2 Å². The maximum atomic E-state index is 4.87. The van der Waals surface area contributed by atoms with E-state index in [0.29, 0.717) is 12.0 Å². The zero-order chi connectivity index (χ0) is 11.4. The van der Waals surface area contributed by atoms with E-state index in [1.165, 1.54) is 37.1 Å². The average Bonchev–Trinajstić information content (AvgIpc) is 2.83. The van der Waals surface area contributed by atoms with Gasteiger partial charge in [-0.05, 0) is 6.42 Å². The molecule has 1 fully saturated rings. The van der Waals surface area contributed by atoms with E-state index in [1.54, 1.807) is 0 Å². The number of hydrogen-bond acceptors (Lipinski definition) is 3. The number of nitrogens with zero attached hydrogens (tertiary/aromatic N) is 1. The predicted octanol–water partition coefficient (Wildman–Crippen LogP) is 3.08. The van der Waals surface area contributed by atoms with E-state index < -0.39 is 0 Å². The van der Waals surface area contributed by atoms with Gasteiger partial charge < -0.3 is 5.32 Å². The standard InChI is InChI=1S/C13H24N2S/c1-3-4-5-6-7-10(2)13-15-11-8-14-9-12(11)16-13/h10-12,14H,3-9H2,1-2H3. The molecule has 0 saturated carbocycles. The number of nitrogens with one attached hydrogen (secondary N) is 1. The van der Waals surface area contributed by atoms with Crippen LogP contribution < -0.4 is 5.32 Å². The fourth-order valence-electron chi connectivity index (χ4n) is 2.48. The Balaban J connectivity index is 1.71. The first kappa shape index (κ1) is 12.4. The fraction of sp³-hybridized carbons (Fsp3) is 0.923. The smallest absolute Gasteiger partial charge is 0.0768 e. The van der Waals surface area contributed by atoms with Crippen molar-refractivity contribution in [3.05, 3.63) is 0 Å². The summed E-state index contributed by atoms with van der Waals surface area (Å²) in [6.45, 7) is 6.88. The number of hydrogen-bond donors (Lipinski definition) is 1. The molecule has 3 unspecified atom stereocenters. The SMILES string of the molecule is CCCCCCC(C)C1=NC2CNCC2S1. The third-order valence-electron chi connectivity index (χ3n) is 3.61. The summed E-state index contributed by atoms with van der Waals surface area (Å²) in [6, 6.07) is 0.582.